The molecule has 0 saturated carbocycles. The summed E-state index contributed by atoms with van der Waals surface area (Å²) in [6.07, 6.45) is 4.29. The second-order valence-electron chi connectivity index (χ2n) is 7.31. The van der Waals surface area contributed by atoms with Gasteiger partial charge in [0.1, 0.15) is 17.2 Å². The number of rotatable bonds is 3. The van der Waals surface area contributed by atoms with Crippen LogP contribution in [0.5, 0.6) is 0 Å². The van der Waals surface area contributed by atoms with Gasteiger partial charge in [-0.1, -0.05) is 0 Å². The van der Waals surface area contributed by atoms with Crippen LogP contribution in [0.2, 0.25) is 0 Å². The SMILES string of the molecule is [2H]C1([2H])c2ncccc2C(=O)N1Cc1c(F)cc(-c2cn(C)c(=O)c3c2cnn3C)cc1F. The van der Waals surface area contributed by atoms with Gasteiger partial charge in [0.25, 0.3) is 11.5 Å². The number of carbonyl (C=O) groups excluding carboxylic acids is 1. The Labute approximate surface area is 178 Å². The van der Waals surface area contributed by atoms with Crippen molar-refractivity contribution in [2.75, 3.05) is 0 Å². The van der Waals surface area contributed by atoms with Crippen LogP contribution >= 0.6 is 0 Å². The predicted octanol–water partition coefficient (Wildman–Crippen LogP) is 2.77. The molecule has 4 heterocycles. The lowest BCUT2D eigenvalue weighted by Crippen LogP contribution is -2.24. The predicted molar refractivity (Wildman–Crippen MR) is 109 cm³/mol. The van der Waals surface area contributed by atoms with Gasteiger partial charge in [0.15, 0.2) is 0 Å². The van der Waals surface area contributed by atoms with Crippen molar-refractivity contribution in [3.8, 4) is 11.1 Å². The zero-order valence-corrected chi connectivity index (χ0v) is 16.6. The second kappa shape index (κ2) is 6.83. The van der Waals surface area contributed by atoms with E-state index in [0.29, 0.717) is 16.5 Å². The van der Waals surface area contributed by atoms with Crippen molar-refractivity contribution in [1.29, 1.82) is 0 Å². The van der Waals surface area contributed by atoms with Gasteiger partial charge in [-0.2, -0.15) is 5.10 Å². The molecule has 0 fully saturated rings. The fourth-order valence-electron chi connectivity index (χ4n) is 3.78. The van der Waals surface area contributed by atoms with Crippen LogP contribution in [0.4, 0.5) is 8.78 Å². The Morgan fingerprint density at radius 2 is 1.90 bits per heavy atom. The van der Waals surface area contributed by atoms with Gasteiger partial charge in [0.05, 0.1) is 33.2 Å². The third-order valence-corrected chi connectivity index (χ3v) is 5.37. The standard InChI is InChI=1S/C22H17F2N5O2/c1-27-9-15(14-8-26-28(2)20(14)22(27)31)12-6-17(23)16(18(24)7-12)10-29-11-19-13(21(29)30)4-3-5-25-19/h3-9H,10-11H2,1-2H3/i11D2. The van der Waals surface area contributed by atoms with Crippen molar-refractivity contribution in [3.63, 3.8) is 0 Å². The fourth-order valence-corrected chi connectivity index (χ4v) is 3.78. The molecule has 0 aliphatic carbocycles. The Hall–Kier alpha value is -3.88. The van der Waals surface area contributed by atoms with Crippen LogP contribution in [-0.4, -0.2) is 30.1 Å². The number of nitrogens with zero attached hydrogens (tertiary/aromatic N) is 5. The first-order chi connectivity index (χ1) is 15.6. The van der Waals surface area contributed by atoms with E-state index in [2.05, 4.69) is 10.1 Å². The molecule has 7 nitrogen and oxygen atoms in total. The van der Waals surface area contributed by atoms with Gasteiger partial charge >= 0.3 is 0 Å². The summed E-state index contributed by atoms with van der Waals surface area (Å²) in [4.78, 5) is 29.8. The van der Waals surface area contributed by atoms with Crippen LogP contribution in [0.3, 0.4) is 0 Å². The van der Waals surface area contributed by atoms with Gasteiger partial charge in [-0.3, -0.25) is 19.3 Å². The number of benzene rings is 1. The highest BCUT2D eigenvalue weighted by Crippen LogP contribution is 2.31. The van der Waals surface area contributed by atoms with Gasteiger partial charge in [-0.25, -0.2) is 8.78 Å². The number of hydrogen-bond acceptors (Lipinski definition) is 4. The Kier molecular flexibility index (Phi) is 3.72. The molecule has 1 aliphatic rings. The maximum Gasteiger partial charge on any atom is 0.276 e. The average molecular weight is 423 g/mol. The van der Waals surface area contributed by atoms with Crippen LogP contribution < -0.4 is 5.56 Å². The highest BCUT2D eigenvalue weighted by Gasteiger charge is 2.29. The highest BCUT2D eigenvalue weighted by atomic mass is 19.1. The zero-order valence-electron chi connectivity index (χ0n) is 18.6. The molecule has 0 spiro atoms. The van der Waals surface area contributed by atoms with Gasteiger partial charge in [0.2, 0.25) is 0 Å². The number of pyridine rings is 2. The minimum absolute atomic E-state index is 0.0594. The number of halogens is 2. The molecule has 1 amide bonds. The Balaban J connectivity index is 1.58. The van der Waals surface area contributed by atoms with E-state index in [4.69, 9.17) is 2.74 Å². The van der Waals surface area contributed by atoms with Crippen molar-refractivity contribution >= 4 is 16.8 Å². The summed E-state index contributed by atoms with van der Waals surface area (Å²) in [7, 11) is 3.14. The topological polar surface area (TPSA) is 73.0 Å². The first-order valence-corrected chi connectivity index (χ1v) is 9.38. The van der Waals surface area contributed by atoms with E-state index in [0.717, 1.165) is 17.0 Å². The number of fused-ring (bicyclic) bond motifs is 2. The summed E-state index contributed by atoms with van der Waals surface area (Å²) in [6.45, 7) is -2.93. The van der Waals surface area contributed by atoms with Crippen molar-refractivity contribution in [2.24, 2.45) is 14.1 Å². The van der Waals surface area contributed by atoms with Crippen LogP contribution in [0.1, 0.15) is 24.4 Å². The van der Waals surface area contributed by atoms with E-state index < -0.39 is 36.1 Å². The third kappa shape index (κ3) is 2.92. The van der Waals surface area contributed by atoms with E-state index in [1.54, 1.807) is 7.05 Å². The molecule has 156 valence electrons. The Bertz CT molecular complexity index is 1510. The van der Waals surface area contributed by atoms with Gasteiger partial charge in [-0.05, 0) is 29.8 Å². The number of carbonyl (C=O) groups is 1. The molecule has 4 aromatic rings. The maximum absolute atomic E-state index is 15.1. The molecule has 0 bridgehead atoms. The third-order valence-electron chi connectivity index (χ3n) is 5.37. The fraction of sp³-hybridized carbons (Fsp3) is 0.182. The lowest BCUT2D eigenvalue weighted by molar-refractivity contribution is 0.0763. The van der Waals surface area contributed by atoms with Crippen LogP contribution in [0.25, 0.3) is 22.0 Å². The van der Waals surface area contributed by atoms with Gasteiger partial charge in [0, 0.05) is 43.0 Å². The minimum atomic E-state index is -2.31. The summed E-state index contributed by atoms with van der Waals surface area (Å²) < 4.78 is 49.5. The van der Waals surface area contributed by atoms with E-state index >= 15 is 8.78 Å². The number of amides is 1. The largest absolute Gasteiger partial charge is 0.328 e. The summed E-state index contributed by atoms with van der Waals surface area (Å²) >= 11 is 0. The molecule has 1 aromatic carbocycles. The Morgan fingerprint density at radius 1 is 1.16 bits per heavy atom. The number of aromatic nitrogens is 4. The van der Waals surface area contributed by atoms with Crippen LogP contribution in [0.15, 0.2) is 47.7 Å². The molecule has 0 radical (unpaired) electrons. The van der Waals surface area contributed by atoms with E-state index in [1.165, 1.54) is 47.0 Å². The molecule has 5 rings (SSSR count). The highest BCUT2D eigenvalue weighted by molar-refractivity contribution is 5.97. The van der Waals surface area contributed by atoms with Crippen LogP contribution in [-0.2, 0) is 27.1 Å². The van der Waals surface area contributed by atoms with Crippen molar-refractivity contribution in [2.45, 2.75) is 13.0 Å². The van der Waals surface area contributed by atoms with Gasteiger partial charge in [-0.15, -0.1) is 0 Å². The summed E-state index contributed by atoms with van der Waals surface area (Å²) in [5, 5.41) is 4.53. The van der Waals surface area contributed by atoms with Crippen LogP contribution in [0, 0.1) is 11.6 Å². The molecular weight excluding hydrogens is 404 g/mol. The molecule has 0 unspecified atom stereocenters. The lowest BCUT2D eigenvalue weighted by Gasteiger charge is -2.17. The number of hydrogen-bond donors (Lipinski definition) is 0. The molecule has 0 atom stereocenters. The normalized spacial score (nSPS) is 15.9. The second-order valence-corrected chi connectivity index (χ2v) is 7.31. The molecule has 31 heavy (non-hydrogen) atoms. The van der Waals surface area contributed by atoms with Crippen molar-refractivity contribution in [3.05, 3.63) is 81.7 Å². The maximum atomic E-state index is 15.1. The van der Waals surface area contributed by atoms with E-state index in [-0.39, 0.29) is 22.4 Å². The monoisotopic (exact) mass is 423 g/mol. The molecule has 0 N–H and O–H groups in total. The first kappa shape index (κ1) is 16.9. The smallest absolute Gasteiger partial charge is 0.276 e. The molecule has 1 aliphatic heterocycles. The molecule has 9 heteroatoms. The molecule has 0 saturated heterocycles. The average Bonchev–Trinajstić information content (AvgIpc) is 3.24. The Morgan fingerprint density at radius 3 is 2.61 bits per heavy atom. The zero-order chi connectivity index (χ0) is 23.7. The van der Waals surface area contributed by atoms with Gasteiger partial charge < -0.3 is 9.47 Å². The van der Waals surface area contributed by atoms with E-state index in [9.17, 15) is 9.59 Å². The lowest BCUT2D eigenvalue weighted by atomic mass is 10.0. The summed E-state index contributed by atoms with van der Waals surface area (Å²) in [5.74, 6) is -2.58. The summed E-state index contributed by atoms with van der Waals surface area (Å²) in [6, 6.07) is 5.13. The van der Waals surface area contributed by atoms with Crippen molar-refractivity contribution in [1.82, 2.24) is 24.2 Å². The van der Waals surface area contributed by atoms with Crippen molar-refractivity contribution < 1.29 is 16.3 Å². The number of aryl methyl sites for hydroxylation is 2. The summed E-state index contributed by atoms with van der Waals surface area (Å²) in [5.41, 5.74) is 0.115. The van der Waals surface area contributed by atoms with E-state index in [1.807, 2.05) is 0 Å². The minimum Gasteiger partial charge on any atom is -0.328 e. The molecule has 3 aromatic heterocycles. The first-order valence-electron chi connectivity index (χ1n) is 10.4. The quantitative estimate of drug-likeness (QED) is 0.508. The molecular formula is C22H17F2N5O2.